The fourth-order valence-corrected chi connectivity index (χ4v) is 1.35. The van der Waals surface area contributed by atoms with Gasteiger partial charge in [-0.25, -0.2) is 9.66 Å². The molecule has 0 aliphatic heterocycles. The molecular weight excluding hydrogens is 178 g/mol. The lowest BCUT2D eigenvalue weighted by molar-refractivity contribution is 0.573. The summed E-state index contributed by atoms with van der Waals surface area (Å²) < 4.78 is 1.82. The van der Waals surface area contributed by atoms with Crippen LogP contribution in [0.1, 0.15) is 12.8 Å². The van der Waals surface area contributed by atoms with Gasteiger partial charge >= 0.3 is 0 Å². The highest BCUT2D eigenvalue weighted by Crippen LogP contribution is 2.24. The molecule has 0 bridgehead atoms. The van der Waals surface area contributed by atoms with Crippen molar-refractivity contribution in [2.75, 3.05) is 5.32 Å². The standard InChI is InChI=1S/C9H11N5/c1-2-8(1)12-9-5-11-14(6-9)13-4-3-10-7-13/h3-8,12H,1-2H2. The van der Waals surface area contributed by atoms with Gasteiger partial charge in [0.1, 0.15) is 6.33 Å². The molecule has 0 radical (unpaired) electrons. The van der Waals surface area contributed by atoms with Crippen molar-refractivity contribution >= 4 is 5.69 Å². The molecule has 0 saturated heterocycles. The van der Waals surface area contributed by atoms with Crippen molar-refractivity contribution in [3.8, 4) is 0 Å². The third-order valence-electron chi connectivity index (χ3n) is 2.24. The largest absolute Gasteiger partial charge is 0.380 e. The Morgan fingerprint density at radius 3 is 3.07 bits per heavy atom. The summed E-state index contributed by atoms with van der Waals surface area (Å²) in [5.74, 6) is 0. The van der Waals surface area contributed by atoms with E-state index in [-0.39, 0.29) is 0 Å². The molecule has 0 spiro atoms. The molecule has 5 heteroatoms. The summed E-state index contributed by atoms with van der Waals surface area (Å²) in [7, 11) is 0. The van der Waals surface area contributed by atoms with Gasteiger partial charge in [-0.3, -0.25) is 0 Å². The van der Waals surface area contributed by atoms with Gasteiger partial charge in [-0.05, 0) is 12.8 Å². The summed E-state index contributed by atoms with van der Waals surface area (Å²) >= 11 is 0. The highest BCUT2D eigenvalue weighted by Gasteiger charge is 2.21. The molecule has 2 aromatic rings. The first kappa shape index (κ1) is 7.61. The Bertz CT molecular complexity index is 412. The van der Waals surface area contributed by atoms with Crippen LogP contribution in [0.3, 0.4) is 0 Å². The van der Waals surface area contributed by atoms with Gasteiger partial charge in [0.15, 0.2) is 0 Å². The molecule has 1 fully saturated rings. The van der Waals surface area contributed by atoms with E-state index in [2.05, 4.69) is 15.4 Å². The van der Waals surface area contributed by atoms with Gasteiger partial charge in [0, 0.05) is 18.4 Å². The van der Waals surface area contributed by atoms with Crippen LogP contribution < -0.4 is 5.32 Å². The molecular formula is C9H11N5. The van der Waals surface area contributed by atoms with Gasteiger partial charge in [0.2, 0.25) is 0 Å². The second-order valence-corrected chi connectivity index (χ2v) is 3.51. The van der Waals surface area contributed by atoms with E-state index in [1.165, 1.54) is 12.8 Å². The van der Waals surface area contributed by atoms with Gasteiger partial charge in [-0.2, -0.15) is 9.89 Å². The molecule has 2 heterocycles. The Morgan fingerprint density at radius 2 is 2.36 bits per heavy atom. The maximum Gasteiger partial charge on any atom is 0.116 e. The topological polar surface area (TPSA) is 47.7 Å². The Labute approximate surface area is 81.3 Å². The molecule has 0 unspecified atom stereocenters. The average molecular weight is 189 g/mol. The molecule has 3 rings (SSSR count). The van der Waals surface area contributed by atoms with Crippen LogP contribution in [0.15, 0.2) is 31.1 Å². The number of aromatic nitrogens is 4. The second-order valence-electron chi connectivity index (χ2n) is 3.51. The van der Waals surface area contributed by atoms with Crippen molar-refractivity contribution < 1.29 is 0 Å². The van der Waals surface area contributed by atoms with Crippen LogP contribution in [0.4, 0.5) is 5.69 Å². The maximum absolute atomic E-state index is 4.22. The number of hydrogen-bond acceptors (Lipinski definition) is 3. The fraction of sp³-hybridized carbons (Fsp3) is 0.333. The molecule has 0 amide bonds. The summed E-state index contributed by atoms with van der Waals surface area (Å²) in [6, 6.07) is 0.662. The number of imidazole rings is 1. The van der Waals surface area contributed by atoms with Crippen LogP contribution >= 0.6 is 0 Å². The lowest BCUT2D eigenvalue weighted by atomic mass is 10.5. The van der Waals surface area contributed by atoms with Crippen LogP contribution in [0.5, 0.6) is 0 Å². The van der Waals surface area contributed by atoms with Gasteiger partial charge in [0.25, 0.3) is 0 Å². The predicted octanol–water partition coefficient (Wildman–Crippen LogP) is 0.965. The van der Waals surface area contributed by atoms with E-state index in [0.717, 1.165) is 5.69 Å². The molecule has 1 saturated carbocycles. The number of nitrogens with one attached hydrogen (secondary N) is 1. The molecule has 1 N–H and O–H groups in total. The van der Waals surface area contributed by atoms with Crippen molar-refractivity contribution in [1.82, 2.24) is 19.5 Å². The summed E-state index contributed by atoms with van der Waals surface area (Å²) in [6.07, 6.45) is 11.6. The minimum Gasteiger partial charge on any atom is -0.380 e. The van der Waals surface area contributed by atoms with E-state index in [4.69, 9.17) is 0 Å². The first-order valence-corrected chi connectivity index (χ1v) is 4.72. The van der Waals surface area contributed by atoms with E-state index < -0.39 is 0 Å². The molecule has 5 nitrogen and oxygen atoms in total. The molecule has 1 aliphatic carbocycles. The highest BCUT2D eigenvalue weighted by molar-refractivity contribution is 5.40. The number of nitrogens with zero attached hydrogens (tertiary/aromatic N) is 4. The van der Waals surface area contributed by atoms with Crippen molar-refractivity contribution in [3.63, 3.8) is 0 Å². The lowest BCUT2D eigenvalue weighted by Gasteiger charge is -2.00. The van der Waals surface area contributed by atoms with E-state index in [0.29, 0.717) is 6.04 Å². The van der Waals surface area contributed by atoms with Crippen LogP contribution in [-0.2, 0) is 0 Å². The van der Waals surface area contributed by atoms with Crippen LogP contribution in [0.25, 0.3) is 0 Å². The van der Waals surface area contributed by atoms with Gasteiger partial charge in [-0.15, -0.1) is 0 Å². The van der Waals surface area contributed by atoms with E-state index >= 15 is 0 Å². The van der Waals surface area contributed by atoms with Crippen molar-refractivity contribution in [3.05, 3.63) is 31.1 Å². The first-order chi connectivity index (χ1) is 6.92. The predicted molar refractivity (Wildman–Crippen MR) is 51.9 cm³/mol. The summed E-state index contributed by atoms with van der Waals surface area (Å²) in [5.41, 5.74) is 1.07. The zero-order chi connectivity index (χ0) is 9.38. The van der Waals surface area contributed by atoms with Gasteiger partial charge in [0.05, 0.1) is 18.1 Å². The van der Waals surface area contributed by atoms with Crippen LogP contribution in [0, 0.1) is 0 Å². The quantitative estimate of drug-likeness (QED) is 0.782. The molecule has 14 heavy (non-hydrogen) atoms. The zero-order valence-corrected chi connectivity index (χ0v) is 7.67. The smallest absolute Gasteiger partial charge is 0.116 e. The van der Waals surface area contributed by atoms with Crippen molar-refractivity contribution in [2.45, 2.75) is 18.9 Å². The Hall–Kier alpha value is -1.78. The van der Waals surface area contributed by atoms with Crippen molar-refractivity contribution in [1.29, 1.82) is 0 Å². The molecule has 0 atom stereocenters. The fourth-order valence-electron chi connectivity index (χ4n) is 1.35. The molecule has 1 aliphatic rings. The Balaban J connectivity index is 1.82. The molecule has 2 aromatic heterocycles. The third-order valence-corrected chi connectivity index (χ3v) is 2.24. The lowest BCUT2D eigenvalue weighted by Crippen LogP contribution is -2.06. The van der Waals surface area contributed by atoms with E-state index in [1.807, 2.05) is 23.3 Å². The SMILES string of the molecule is c1cn(-n2cc(NC3CC3)cn2)cn1. The molecule has 72 valence electrons. The van der Waals surface area contributed by atoms with Gasteiger partial charge < -0.3 is 5.32 Å². The summed E-state index contributed by atoms with van der Waals surface area (Å²) in [4.78, 5) is 5.71. The summed E-state index contributed by atoms with van der Waals surface area (Å²) in [5, 5.41) is 7.60. The summed E-state index contributed by atoms with van der Waals surface area (Å²) in [6.45, 7) is 0. The Kier molecular flexibility index (Phi) is 1.56. The van der Waals surface area contributed by atoms with E-state index in [9.17, 15) is 0 Å². The number of rotatable bonds is 3. The maximum atomic E-state index is 4.22. The first-order valence-electron chi connectivity index (χ1n) is 4.72. The average Bonchev–Trinajstić information content (AvgIpc) is 2.71. The Morgan fingerprint density at radius 1 is 1.43 bits per heavy atom. The minimum absolute atomic E-state index is 0.662. The molecule has 0 aromatic carbocycles. The normalized spacial score (nSPS) is 15.7. The van der Waals surface area contributed by atoms with Gasteiger partial charge in [-0.1, -0.05) is 0 Å². The van der Waals surface area contributed by atoms with E-state index in [1.54, 1.807) is 17.3 Å². The number of anilines is 1. The van der Waals surface area contributed by atoms with Crippen LogP contribution in [-0.4, -0.2) is 25.6 Å². The minimum atomic E-state index is 0.662. The number of hydrogen-bond donors (Lipinski definition) is 1. The van der Waals surface area contributed by atoms with Crippen LogP contribution in [0.2, 0.25) is 0 Å². The second kappa shape index (κ2) is 2.87. The zero-order valence-electron chi connectivity index (χ0n) is 7.67. The highest BCUT2D eigenvalue weighted by atomic mass is 15.6. The third kappa shape index (κ3) is 1.37. The van der Waals surface area contributed by atoms with Crippen molar-refractivity contribution in [2.24, 2.45) is 0 Å². The monoisotopic (exact) mass is 189 g/mol.